The highest BCUT2D eigenvalue weighted by Crippen LogP contribution is 2.19. The number of piperazine rings is 1. The molecule has 0 aliphatic carbocycles. The predicted molar refractivity (Wildman–Crippen MR) is 105 cm³/mol. The number of halogens is 1. The molecule has 28 heavy (non-hydrogen) atoms. The smallest absolute Gasteiger partial charge is 0.240 e. The maximum atomic E-state index is 13.3. The van der Waals surface area contributed by atoms with Gasteiger partial charge in [-0.3, -0.25) is 9.88 Å². The zero-order chi connectivity index (χ0) is 19.5. The van der Waals surface area contributed by atoms with E-state index < -0.39 is 0 Å². The molecule has 3 heterocycles. The molecule has 1 fully saturated rings. The third-order valence-electron chi connectivity index (χ3n) is 4.92. The Kier molecular flexibility index (Phi) is 5.34. The monoisotopic (exact) mass is 381 g/mol. The van der Waals surface area contributed by atoms with Gasteiger partial charge in [0, 0.05) is 49.7 Å². The van der Waals surface area contributed by atoms with Crippen LogP contribution in [0, 0.1) is 19.7 Å². The first-order valence-electron chi connectivity index (χ1n) is 9.54. The summed E-state index contributed by atoms with van der Waals surface area (Å²) in [7, 11) is 0. The molecule has 3 aromatic rings. The molecule has 4 rings (SSSR count). The Labute approximate surface area is 164 Å². The van der Waals surface area contributed by atoms with E-state index in [1.807, 2.05) is 19.9 Å². The minimum Gasteiger partial charge on any atom is -0.369 e. The number of aryl methyl sites for hydroxylation is 2. The fourth-order valence-corrected chi connectivity index (χ4v) is 3.61. The van der Waals surface area contributed by atoms with Gasteiger partial charge < -0.3 is 9.42 Å². The Balaban J connectivity index is 1.32. The van der Waals surface area contributed by atoms with Crippen molar-refractivity contribution in [2.75, 3.05) is 31.1 Å². The molecule has 0 atom stereocenters. The van der Waals surface area contributed by atoms with E-state index in [-0.39, 0.29) is 5.82 Å². The molecule has 146 valence electrons. The molecule has 0 spiro atoms. The Hall–Kier alpha value is -2.80. The molecule has 1 aliphatic rings. The maximum Gasteiger partial charge on any atom is 0.240 e. The number of hydrogen-bond acceptors (Lipinski definition) is 6. The van der Waals surface area contributed by atoms with Crippen molar-refractivity contribution in [2.24, 2.45) is 0 Å². The van der Waals surface area contributed by atoms with Gasteiger partial charge in [0.05, 0.1) is 6.54 Å². The summed E-state index contributed by atoms with van der Waals surface area (Å²) in [6.45, 7) is 8.47. The van der Waals surface area contributed by atoms with E-state index in [2.05, 4.69) is 37.1 Å². The van der Waals surface area contributed by atoms with Gasteiger partial charge in [0.25, 0.3) is 0 Å². The highest BCUT2D eigenvalue weighted by molar-refractivity contribution is 5.48. The zero-order valence-electron chi connectivity index (χ0n) is 16.2. The van der Waals surface area contributed by atoms with Gasteiger partial charge >= 0.3 is 0 Å². The first-order valence-corrected chi connectivity index (χ1v) is 9.54. The van der Waals surface area contributed by atoms with E-state index in [0.29, 0.717) is 24.7 Å². The lowest BCUT2D eigenvalue weighted by Gasteiger charge is -2.35. The molecule has 7 heteroatoms. The van der Waals surface area contributed by atoms with Crippen molar-refractivity contribution in [2.45, 2.75) is 26.8 Å². The first-order chi connectivity index (χ1) is 13.5. The lowest BCUT2D eigenvalue weighted by Crippen LogP contribution is -2.46. The molecule has 0 amide bonds. The molecule has 1 saturated heterocycles. The maximum absolute atomic E-state index is 13.3. The summed E-state index contributed by atoms with van der Waals surface area (Å²) >= 11 is 0. The molecular formula is C21H24FN5O. The third-order valence-corrected chi connectivity index (χ3v) is 4.92. The summed E-state index contributed by atoms with van der Waals surface area (Å²) in [6.07, 6.45) is 0.468. The first kappa shape index (κ1) is 18.6. The summed E-state index contributed by atoms with van der Waals surface area (Å²) in [4.78, 5) is 13.6. The van der Waals surface area contributed by atoms with Crippen molar-refractivity contribution < 1.29 is 8.91 Å². The summed E-state index contributed by atoms with van der Waals surface area (Å²) < 4.78 is 18.7. The zero-order valence-corrected chi connectivity index (χ0v) is 16.2. The average molecular weight is 381 g/mol. The molecule has 0 bridgehead atoms. The van der Waals surface area contributed by atoms with Crippen LogP contribution in [-0.4, -0.2) is 46.2 Å². The molecule has 0 radical (unpaired) electrons. The van der Waals surface area contributed by atoms with Crippen LogP contribution in [-0.2, 0) is 13.0 Å². The fraction of sp³-hybridized carbons (Fsp3) is 0.381. The van der Waals surface area contributed by atoms with E-state index in [4.69, 9.17) is 4.52 Å². The van der Waals surface area contributed by atoms with Crippen LogP contribution in [0.25, 0.3) is 0 Å². The Bertz CT molecular complexity index is 929. The topological polar surface area (TPSA) is 58.3 Å². The molecule has 6 nitrogen and oxygen atoms in total. The number of benzene rings is 1. The van der Waals surface area contributed by atoms with Crippen molar-refractivity contribution in [1.82, 2.24) is 20.0 Å². The van der Waals surface area contributed by atoms with Crippen LogP contribution < -0.4 is 4.90 Å². The van der Waals surface area contributed by atoms with Crippen LogP contribution >= 0.6 is 0 Å². The highest BCUT2D eigenvalue weighted by Gasteiger charge is 2.20. The molecule has 0 saturated carbocycles. The SMILES string of the molecule is Cc1cc(N2CCN(Cc3nc(Cc4cccc(F)c4)no3)CC2)cc(C)n1. The number of rotatable bonds is 5. The van der Waals surface area contributed by atoms with Gasteiger partial charge in [-0.2, -0.15) is 4.98 Å². The largest absolute Gasteiger partial charge is 0.369 e. The average Bonchev–Trinajstić information content (AvgIpc) is 3.08. The molecule has 2 aromatic heterocycles. The molecular weight excluding hydrogens is 357 g/mol. The van der Waals surface area contributed by atoms with Crippen molar-refractivity contribution in [3.05, 3.63) is 70.9 Å². The van der Waals surface area contributed by atoms with E-state index in [1.165, 1.54) is 17.8 Å². The minimum absolute atomic E-state index is 0.251. The van der Waals surface area contributed by atoms with Crippen molar-refractivity contribution >= 4 is 5.69 Å². The van der Waals surface area contributed by atoms with E-state index in [1.54, 1.807) is 6.07 Å². The lowest BCUT2D eigenvalue weighted by molar-refractivity contribution is 0.215. The Morgan fingerprint density at radius 1 is 1.00 bits per heavy atom. The van der Waals surface area contributed by atoms with Crippen molar-refractivity contribution in [1.29, 1.82) is 0 Å². The van der Waals surface area contributed by atoms with Gasteiger partial charge in [-0.05, 0) is 43.7 Å². The lowest BCUT2D eigenvalue weighted by atomic mass is 10.1. The number of aromatic nitrogens is 3. The van der Waals surface area contributed by atoms with Gasteiger partial charge in [-0.25, -0.2) is 4.39 Å². The summed E-state index contributed by atoms with van der Waals surface area (Å²) in [5.74, 6) is 0.941. The quantitative estimate of drug-likeness (QED) is 0.677. The number of nitrogens with zero attached hydrogens (tertiary/aromatic N) is 5. The van der Waals surface area contributed by atoms with Gasteiger partial charge in [0.15, 0.2) is 5.82 Å². The molecule has 1 aromatic carbocycles. The summed E-state index contributed by atoms with van der Waals surface area (Å²) in [5.41, 5.74) is 4.17. The van der Waals surface area contributed by atoms with Gasteiger partial charge in [0.2, 0.25) is 5.89 Å². The standard InChI is InChI=1S/C21H24FN5O/c1-15-10-19(11-16(2)23-15)27-8-6-26(7-9-27)14-21-24-20(25-28-21)13-17-4-3-5-18(22)12-17/h3-5,10-12H,6-9,13-14H2,1-2H3. The fourth-order valence-electron chi connectivity index (χ4n) is 3.61. The van der Waals surface area contributed by atoms with Crippen LogP contribution in [0.2, 0.25) is 0 Å². The number of pyridine rings is 1. The number of hydrogen-bond donors (Lipinski definition) is 0. The van der Waals surface area contributed by atoms with E-state index in [9.17, 15) is 4.39 Å². The van der Waals surface area contributed by atoms with Crippen LogP contribution in [0.1, 0.15) is 28.7 Å². The predicted octanol–water partition coefficient (Wildman–Crippen LogP) is 3.13. The van der Waals surface area contributed by atoms with E-state index in [0.717, 1.165) is 43.1 Å². The summed E-state index contributed by atoms with van der Waals surface area (Å²) in [5, 5.41) is 4.04. The van der Waals surface area contributed by atoms with Gasteiger partial charge in [-0.1, -0.05) is 17.3 Å². The Morgan fingerprint density at radius 3 is 2.46 bits per heavy atom. The van der Waals surface area contributed by atoms with Crippen LogP contribution in [0.5, 0.6) is 0 Å². The van der Waals surface area contributed by atoms with Crippen molar-refractivity contribution in [3.63, 3.8) is 0 Å². The van der Waals surface area contributed by atoms with Crippen LogP contribution in [0.4, 0.5) is 10.1 Å². The van der Waals surface area contributed by atoms with Crippen LogP contribution in [0.15, 0.2) is 40.9 Å². The second-order valence-corrected chi connectivity index (χ2v) is 7.28. The van der Waals surface area contributed by atoms with Crippen molar-refractivity contribution in [3.8, 4) is 0 Å². The number of anilines is 1. The second kappa shape index (κ2) is 8.06. The molecule has 1 aliphatic heterocycles. The van der Waals surface area contributed by atoms with E-state index >= 15 is 0 Å². The minimum atomic E-state index is -0.251. The van der Waals surface area contributed by atoms with Crippen LogP contribution in [0.3, 0.4) is 0 Å². The molecule has 0 unspecified atom stereocenters. The second-order valence-electron chi connectivity index (χ2n) is 7.28. The highest BCUT2D eigenvalue weighted by atomic mass is 19.1. The van der Waals surface area contributed by atoms with Gasteiger partial charge in [0.1, 0.15) is 5.82 Å². The normalized spacial score (nSPS) is 15.2. The Morgan fingerprint density at radius 2 is 1.75 bits per heavy atom. The summed E-state index contributed by atoms with van der Waals surface area (Å²) in [6, 6.07) is 10.8. The third kappa shape index (κ3) is 4.54. The molecule has 0 N–H and O–H groups in total. The van der Waals surface area contributed by atoms with Gasteiger partial charge in [-0.15, -0.1) is 0 Å².